The van der Waals surface area contributed by atoms with Crippen LogP contribution in [0.2, 0.25) is 0 Å². The zero-order valence-corrected chi connectivity index (χ0v) is 22.2. The number of carbonyl (C=O) groups excluding carboxylic acids is 1. The van der Waals surface area contributed by atoms with Gasteiger partial charge in [0.25, 0.3) is 5.56 Å². The molecule has 0 fully saturated rings. The number of carbonyl (C=O) groups is 1. The molecule has 0 saturated heterocycles. The van der Waals surface area contributed by atoms with Crippen LogP contribution in [0.1, 0.15) is 70.4 Å². The number of aryl methyl sites for hydroxylation is 1. The molecule has 0 unspecified atom stereocenters. The summed E-state index contributed by atoms with van der Waals surface area (Å²) in [6.45, 7) is 11.1. The van der Waals surface area contributed by atoms with Crippen LogP contribution in [0.4, 0.5) is 16.2 Å². The molecule has 0 aliphatic heterocycles. The molecule has 0 saturated carbocycles. The molecule has 0 radical (unpaired) electrons. The highest BCUT2D eigenvalue weighted by atomic mass is 79.9. The van der Waals surface area contributed by atoms with Crippen LogP contribution >= 0.6 is 15.9 Å². The molecule has 6 heteroatoms. The van der Waals surface area contributed by atoms with E-state index in [1.54, 1.807) is 4.57 Å². The lowest BCUT2D eigenvalue weighted by molar-refractivity contribution is 0.262. The summed E-state index contributed by atoms with van der Waals surface area (Å²) in [4.78, 5) is 26.7. The van der Waals surface area contributed by atoms with Crippen molar-refractivity contribution in [2.24, 2.45) is 0 Å². The number of nitrogens with one attached hydrogen (secondary N) is 2. The SMILES string of the molecule is CCCCn1ccc(-c2ccc(Br)cc2)c(NC(=O)Nc2c(C(C)C)cccc2C(C)C)c1=O. The van der Waals surface area contributed by atoms with Crippen molar-refractivity contribution in [3.8, 4) is 11.1 Å². The first kappa shape index (κ1) is 25.8. The summed E-state index contributed by atoms with van der Waals surface area (Å²) in [7, 11) is 0. The van der Waals surface area contributed by atoms with Gasteiger partial charge in [0.05, 0.1) is 0 Å². The summed E-state index contributed by atoms with van der Waals surface area (Å²) in [5, 5.41) is 5.96. The van der Waals surface area contributed by atoms with E-state index in [-0.39, 0.29) is 23.1 Å². The van der Waals surface area contributed by atoms with Crippen LogP contribution in [0.5, 0.6) is 0 Å². The van der Waals surface area contributed by atoms with Gasteiger partial charge in [0, 0.05) is 28.5 Å². The molecule has 34 heavy (non-hydrogen) atoms. The van der Waals surface area contributed by atoms with E-state index in [1.165, 1.54) is 0 Å². The van der Waals surface area contributed by atoms with Crippen LogP contribution in [-0.4, -0.2) is 10.6 Å². The third kappa shape index (κ3) is 5.98. The van der Waals surface area contributed by atoms with Gasteiger partial charge in [-0.3, -0.25) is 4.79 Å². The Morgan fingerprint density at radius 2 is 1.50 bits per heavy atom. The average Bonchev–Trinajstić information content (AvgIpc) is 2.80. The first-order chi connectivity index (χ1) is 16.2. The summed E-state index contributed by atoms with van der Waals surface area (Å²) in [5.74, 6) is 0.491. The zero-order valence-electron chi connectivity index (χ0n) is 20.6. The molecule has 180 valence electrons. The molecule has 5 nitrogen and oxygen atoms in total. The first-order valence-electron chi connectivity index (χ1n) is 11.9. The van der Waals surface area contributed by atoms with Gasteiger partial charge in [0.15, 0.2) is 0 Å². The van der Waals surface area contributed by atoms with Crippen molar-refractivity contribution in [3.63, 3.8) is 0 Å². The normalized spacial score (nSPS) is 11.2. The van der Waals surface area contributed by atoms with Crippen molar-refractivity contribution >= 4 is 33.3 Å². The minimum Gasteiger partial charge on any atom is -0.314 e. The summed E-state index contributed by atoms with van der Waals surface area (Å²) in [6.07, 6.45) is 3.68. The molecule has 0 spiro atoms. The summed E-state index contributed by atoms with van der Waals surface area (Å²) in [5.41, 5.74) is 4.60. The molecule has 2 aromatic carbocycles. The number of anilines is 2. The minimum atomic E-state index is -0.418. The molecule has 0 aliphatic carbocycles. The van der Waals surface area contributed by atoms with Crippen LogP contribution < -0.4 is 16.2 Å². The summed E-state index contributed by atoms with van der Waals surface area (Å²) in [6, 6.07) is 15.3. The quantitative estimate of drug-likeness (QED) is 0.314. The summed E-state index contributed by atoms with van der Waals surface area (Å²) >= 11 is 3.46. The molecule has 2 N–H and O–H groups in total. The second-order valence-electron chi connectivity index (χ2n) is 9.16. The Kier molecular flexibility index (Phi) is 8.72. The van der Waals surface area contributed by atoms with Crippen molar-refractivity contribution in [2.45, 2.75) is 65.8 Å². The topological polar surface area (TPSA) is 63.1 Å². The van der Waals surface area contributed by atoms with Crippen LogP contribution in [0.15, 0.2) is 64.0 Å². The van der Waals surface area contributed by atoms with Crippen LogP contribution in [0, 0.1) is 0 Å². The fourth-order valence-electron chi connectivity index (χ4n) is 4.02. The molecule has 2 amide bonds. The maximum absolute atomic E-state index is 13.4. The van der Waals surface area contributed by atoms with Crippen molar-refractivity contribution in [1.82, 2.24) is 4.57 Å². The Morgan fingerprint density at radius 1 is 0.912 bits per heavy atom. The fourth-order valence-corrected chi connectivity index (χ4v) is 4.29. The van der Waals surface area contributed by atoms with Gasteiger partial charge >= 0.3 is 6.03 Å². The predicted octanol–water partition coefficient (Wildman–Crippen LogP) is 7.97. The van der Waals surface area contributed by atoms with E-state index in [1.807, 2.05) is 54.7 Å². The molecule has 1 aromatic heterocycles. The standard InChI is InChI=1S/C28H34BrN3O2/c1-6-7-16-32-17-15-24(20-11-13-21(29)14-12-20)26(27(32)33)31-28(34)30-25-22(18(2)3)9-8-10-23(25)19(4)5/h8-15,17-19H,6-7,16H2,1-5H3,(H2,30,31,34). The lowest BCUT2D eigenvalue weighted by Gasteiger charge is -2.21. The second kappa shape index (κ2) is 11.5. The number of amides is 2. The Hall–Kier alpha value is -2.86. The maximum Gasteiger partial charge on any atom is 0.323 e. The van der Waals surface area contributed by atoms with Crippen molar-refractivity contribution < 1.29 is 4.79 Å². The van der Waals surface area contributed by atoms with E-state index >= 15 is 0 Å². The van der Waals surface area contributed by atoms with Crippen LogP contribution in [0.25, 0.3) is 11.1 Å². The van der Waals surface area contributed by atoms with E-state index in [9.17, 15) is 9.59 Å². The van der Waals surface area contributed by atoms with Gasteiger partial charge in [0.1, 0.15) is 5.69 Å². The number of nitrogens with zero attached hydrogens (tertiary/aromatic N) is 1. The Labute approximate surface area is 210 Å². The number of benzene rings is 2. The fraction of sp³-hybridized carbons (Fsp3) is 0.357. The first-order valence-corrected chi connectivity index (χ1v) is 12.7. The van der Waals surface area contributed by atoms with E-state index in [2.05, 4.69) is 61.2 Å². The lowest BCUT2D eigenvalue weighted by atomic mass is 9.93. The molecule has 0 bridgehead atoms. The van der Waals surface area contributed by atoms with Crippen LogP contribution in [0.3, 0.4) is 0 Å². The number of rotatable bonds is 8. The van der Waals surface area contributed by atoms with Gasteiger partial charge in [-0.05, 0) is 53.1 Å². The van der Waals surface area contributed by atoms with Gasteiger partial charge < -0.3 is 15.2 Å². The Bertz CT molecular complexity index is 1170. The highest BCUT2D eigenvalue weighted by Gasteiger charge is 2.19. The predicted molar refractivity (Wildman–Crippen MR) is 146 cm³/mol. The zero-order chi connectivity index (χ0) is 24.8. The lowest BCUT2D eigenvalue weighted by Crippen LogP contribution is -2.29. The Morgan fingerprint density at radius 3 is 2.06 bits per heavy atom. The molecule has 3 rings (SSSR count). The van der Waals surface area contributed by atoms with E-state index in [0.717, 1.165) is 39.7 Å². The number of hydrogen-bond donors (Lipinski definition) is 2. The van der Waals surface area contributed by atoms with Gasteiger partial charge in [-0.15, -0.1) is 0 Å². The molecule has 0 aliphatic rings. The van der Waals surface area contributed by atoms with Gasteiger partial charge in [0.2, 0.25) is 0 Å². The van der Waals surface area contributed by atoms with Gasteiger partial charge in [-0.1, -0.05) is 87.3 Å². The number of hydrogen-bond acceptors (Lipinski definition) is 2. The maximum atomic E-state index is 13.4. The number of para-hydroxylation sites is 1. The van der Waals surface area contributed by atoms with Crippen molar-refractivity contribution in [1.29, 1.82) is 0 Å². The minimum absolute atomic E-state index is 0.203. The Balaban J connectivity index is 2.02. The third-order valence-corrected chi connectivity index (χ3v) is 6.45. The van der Waals surface area contributed by atoms with E-state index in [4.69, 9.17) is 0 Å². The number of urea groups is 1. The molecule has 3 aromatic rings. The number of aromatic nitrogens is 1. The third-order valence-electron chi connectivity index (χ3n) is 5.92. The summed E-state index contributed by atoms with van der Waals surface area (Å²) < 4.78 is 2.62. The second-order valence-corrected chi connectivity index (χ2v) is 10.1. The molecular weight excluding hydrogens is 490 g/mol. The highest BCUT2D eigenvalue weighted by molar-refractivity contribution is 9.10. The number of unbranched alkanes of at least 4 members (excludes halogenated alkanes) is 1. The van der Waals surface area contributed by atoms with Crippen molar-refractivity contribution in [3.05, 3.63) is 80.7 Å². The smallest absolute Gasteiger partial charge is 0.314 e. The molecule has 1 heterocycles. The monoisotopic (exact) mass is 523 g/mol. The molecule has 0 atom stereocenters. The molecular formula is C28H34BrN3O2. The number of pyridine rings is 1. The number of halogens is 1. The van der Waals surface area contributed by atoms with Crippen molar-refractivity contribution in [2.75, 3.05) is 10.6 Å². The van der Waals surface area contributed by atoms with Crippen LogP contribution in [-0.2, 0) is 6.54 Å². The van der Waals surface area contributed by atoms with Gasteiger partial charge in [-0.2, -0.15) is 0 Å². The highest BCUT2D eigenvalue weighted by Crippen LogP contribution is 2.33. The average molecular weight is 525 g/mol. The largest absolute Gasteiger partial charge is 0.323 e. The van der Waals surface area contributed by atoms with E-state index in [0.29, 0.717) is 12.1 Å². The van der Waals surface area contributed by atoms with Gasteiger partial charge in [-0.25, -0.2) is 4.79 Å². The van der Waals surface area contributed by atoms with E-state index < -0.39 is 6.03 Å².